The number of amides is 2. The Hall–Kier alpha value is -2.74. The van der Waals surface area contributed by atoms with Crippen molar-refractivity contribution in [3.63, 3.8) is 0 Å². The number of aliphatic imine (C=N–C) groups is 1. The fourth-order valence-corrected chi connectivity index (χ4v) is 3.73. The molecule has 1 atom stereocenters. The highest BCUT2D eigenvalue weighted by Gasteiger charge is 2.35. The lowest BCUT2D eigenvalue weighted by Gasteiger charge is -2.30. The first kappa shape index (κ1) is 19.0. The molecule has 0 spiro atoms. The normalized spacial score (nSPS) is 18.6. The number of thioether (sulfide) groups is 1. The smallest absolute Gasteiger partial charge is 0.238 e. The van der Waals surface area contributed by atoms with Crippen LogP contribution in [0.1, 0.15) is 13.3 Å². The van der Waals surface area contributed by atoms with Crippen molar-refractivity contribution in [2.24, 2.45) is 4.99 Å². The molecule has 1 heterocycles. The molecule has 0 radical (unpaired) electrons. The molecule has 1 aliphatic heterocycles. The van der Waals surface area contributed by atoms with Gasteiger partial charge in [-0.25, -0.2) is 13.8 Å². The monoisotopic (exact) mass is 389 g/mol. The van der Waals surface area contributed by atoms with Crippen LogP contribution in [0, 0.1) is 11.6 Å². The molecule has 5 nitrogen and oxygen atoms in total. The summed E-state index contributed by atoms with van der Waals surface area (Å²) in [6, 6.07) is 11.1. The van der Waals surface area contributed by atoms with Gasteiger partial charge in [0.1, 0.15) is 16.9 Å². The Labute approximate surface area is 159 Å². The van der Waals surface area contributed by atoms with Crippen LogP contribution in [0.2, 0.25) is 0 Å². The summed E-state index contributed by atoms with van der Waals surface area (Å²) >= 11 is 1.15. The molecule has 0 saturated carbocycles. The van der Waals surface area contributed by atoms with Crippen LogP contribution in [0.3, 0.4) is 0 Å². The van der Waals surface area contributed by atoms with Crippen molar-refractivity contribution in [3.05, 3.63) is 60.2 Å². The quantitative estimate of drug-likeness (QED) is 0.861. The van der Waals surface area contributed by atoms with Gasteiger partial charge in [0.25, 0.3) is 0 Å². The van der Waals surface area contributed by atoms with E-state index >= 15 is 0 Å². The van der Waals surface area contributed by atoms with Crippen LogP contribution in [-0.4, -0.2) is 33.7 Å². The Balaban J connectivity index is 1.80. The second-order valence-corrected chi connectivity index (χ2v) is 6.99. The minimum Gasteiger partial charge on any atom is -0.325 e. The van der Waals surface area contributed by atoms with E-state index in [4.69, 9.17) is 0 Å². The predicted molar refractivity (Wildman–Crippen MR) is 102 cm³/mol. The van der Waals surface area contributed by atoms with Crippen LogP contribution in [-0.2, 0) is 9.59 Å². The maximum atomic E-state index is 13.4. The Morgan fingerprint density at radius 3 is 2.63 bits per heavy atom. The van der Waals surface area contributed by atoms with Crippen molar-refractivity contribution < 1.29 is 18.4 Å². The number of anilines is 1. The van der Waals surface area contributed by atoms with Gasteiger partial charge >= 0.3 is 0 Å². The fraction of sp³-hybridized carbons (Fsp3) is 0.211. The SMILES string of the molecule is CCN1C(=O)CC(C(=O)Nc2ccc(F)cc2)SC1=Nc1cccc(F)c1. The van der Waals surface area contributed by atoms with Crippen LogP contribution < -0.4 is 5.32 Å². The molecule has 1 N–H and O–H groups in total. The number of nitrogens with zero attached hydrogens (tertiary/aromatic N) is 2. The summed E-state index contributed by atoms with van der Waals surface area (Å²) in [7, 11) is 0. The van der Waals surface area contributed by atoms with Crippen molar-refractivity contribution in [2.75, 3.05) is 11.9 Å². The summed E-state index contributed by atoms with van der Waals surface area (Å²) < 4.78 is 26.4. The second-order valence-electron chi connectivity index (χ2n) is 5.82. The van der Waals surface area contributed by atoms with Crippen molar-refractivity contribution in [1.82, 2.24) is 4.90 Å². The number of halogens is 2. The van der Waals surface area contributed by atoms with Gasteiger partial charge in [-0.15, -0.1) is 0 Å². The molecule has 1 saturated heterocycles. The van der Waals surface area contributed by atoms with E-state index in [2.05, 4.69) is 10.3 Å². The van der Waals surface area contributed by atoms with Crippen LogP contribution >= 0.6 is 11.8 Å². The topological polar surface area (TPSA) is 61.8 Å². The highest BCUT2D eigenvalue weighted by Crippen LogP contribution is 2.29. The fourth-order valence-electron chi connectivity index (χ4n) is 2.56. The minimum atomic E-state index is -0.683. The molecule has 8 heteroatoms. The van der Waals surface area contributed by atoms with E-state index in [0.717, 1.165) is 11.8 Å². The number of nitrogens with one attached hydrogen (secondary N) is 1. The zero-order chi connectivity index (χ0) is 19.4. The summed E-state index contributed by atoms with van der Waals surface area (Å²) in [6.45, 7) is 2.20. The lowest BCUT2D eigenvalue weighted by Crippen LogP contribution is -2.45. The maximum Gasteiger partial charge on any atom is 0.238 e. The highest BCUT2D eigenvalue weighted by atomic mass is 32.2. The van der Waals surface area contributed by atoms with Crippen molar-refractivity contribution in [2.45, 2.75) is 18.6 Å². The van der Waals surface area contributed by atoms with Gasteiger partial charge in [0.2, 0.25) is 11.8 Å². The van der Waals surface area contributed by atoms with E-state index in [9.17, 15) is 18.4 Å². The lowest BCUT2D eigenvalue weighted by molar-refractivity contribution is -0.129. The Kier molecular flexibility index (Phi) is 5.85. The maximum absolute atomic E-state index is 13.4. The van der Waals surface area contributed by atoms with Gasteiger partial charge in [-0.3, -0.25) is 14.5 Å². The summed E-state index contributed by atoms with van der Waals surface area (Å²) in [5.74, 6) is -1.44. The predicted octanol–water partition coefficient (Wildman–Crippen LogP) is 3.95. The lowest BCUT2D eigenvalue weighted by atomic mass is 10.2. The first-order valence-electron chi connectivity index (χ1n) is 8.34. The number of hydrogen-bond acceptors (Lipinski definition) is 4. The van der Waals surface area contributed by atoms with E-state index in [-0.39, 0.29) is 18.2 Å². The largest absolute Gasteiger partial charge is 0.325 e. The average molecular weight is 389 g/mol. The molecule has 0 bridgehead atoms. The number of rotatable bonds is 4. The van der Waals surface area contributed by atoms with Gasteiger partial charge in [0.05, 0.1) is 5.69 Å². The molecule has 2 aromatic rings. The highest BCUT2D eigenvalue weighted by molar-refractivity contribution is 8.15. The molecule has 3 rings (SSSR count). The first-order valence-corrected chi connectivity index (χ1v) is 9.22. The van der Waals surface area contributed by atoms with Crippen LogP contribution in [0.5, 0.6) is 0 Å². The minimum absolute atomic E-state index is 0.0215. The van der Waals surface area contributed by atoms with Crippen molar-refractivity contribution >= 4 is 40.1 Å². The van der Waals surface area contributed by atoms with Gasteiger partial charge in [0, 0.05) is 18.7 Å². The van der Waals surface area contributed by atoms with Crippen LogP contribution in [0.25, 0.3) is 0 Å². The molecule has 2 amide bonds. The number of benzene rings is 2. The standard InChI is InChI=1S/C19H17F2N3O2S/c1-2-24-17(25)11-16(18(26)22-14-8-6-12(20)7-9-14)27-19(24)23-15-5-3-4-13(21)10-15/h3-10,16H,2,11H2,1H3,(H,22,26). The summed E-state index contributed by atoms with van der Waals surface area (Å²) in [4.78, 5) is 30.8. The molecule has 2 aromatic carbocycles. The molecular weight excluding hydrogens is 372 g/mol. The first-order chi connectivity index (χ1) is 13.0. The van der Waals surface area contributed by atoms with Crippen molar-refractivity contribution in [1.29, 1.82) is 0 Å². The summed E-state index contributed by atoms with van der Waals surface area (Å²) in [6.07, 6.45) is 0.0215. The third kappa shape index (κ3) is 4.71. The molecule has 1 aliphatic rings. The second kappa shape index (κ2) is 8.30. The van der Waals surface area contributed by atoms with Gasteiger partial charge in [-0.2, -0.15) is 0 Å². The molecule has 140 valence electrons. The Bertz CT molecular complexity index is 887. The zero-order valence-corrected chi connectivity index (χ0v) is 15.3. The van der Waals surface area contributed by atoms with Crippen LogP contribution in [0.4, 0.5) is 20.2 Å². The third-order valence-corrected chi connectivity index (χ3v) is 5.08. The third-order valence-electron chi connectivity index (χ3n) is 3.89. The number of carbonyl (C=O) groups excluding carboxylic acids is 2. The molecule has 1 unspecified atom stereocenters. The number of hydrogen-bond donors (Lipinski definition) is 1. The molecule has 0 aliphatic carbocycles. The summed E-state index contributed by atoms with van der Waals surface area (Å²) in [5.41, 5.74) is 0.805. The number of carbonyl (C=O) groups is 2. The summed E-state index contributed by atoms with van der Waals surface area (Å²) in [5, 5.41) is 2.34. The van der Waals surface area contributed by atoms with Crippen LogP contribution in [0.15, 0.2) is 53.5 Å². The van der Waals surface area contributed by atoms with Crippen molar-refractivity contribution in [3.8, 4) is 0 Å². The molecule has 0 aromatic heterocycles. The van der Waals surface area contributed by atoms with Gasteiger partial charge in [0.15, 0.2) is 5.17 Å². The zero-order valence-electron chi connectivity index (χ0n) is 14.5. The van der Waals surface area contributed by atoms with E-state index in [0.29, 0.717) is 23.1 Å². The number of amidine groups is 1. The van der Waals surface area contributed by atoms with E-state index in [1.54, 1.807) is 13.0 Å². The van der Waals surface area contributed by atoms with E-state index < -0.39 is 16.9 Å². The molecule has 1 fully saturated rings. The van der Waals surface area contributed by atoms with Gasteiger partial charge in [-0.1, -0.05) is 17.8 Å². The molecular formula is C19H17F2N3O2S. The molecule has 27 heavy (non-hydrogen) atoms. The van der Waals surface area contributed by atoms with E-state index in [1.165, 1.54) is 47.4 Å². The van der Waals surface area contributed by atoms with Gasteiger partial charge in [-0.05, 0) is 49.4 Å². The average Bonchev–Trinajstić information content (AvgIpc) is 2.63. The Morgan fingerprint density at radius 1 is 1.22 bits per heavy atom. The van der Waals surface area contributed by atoms with Gasteiger partial charge < -0.3 is 5.32 Å². The van der Waals surface area contributed by atoms with E-state index in [1.807, 2.05) is 0 Å². The Morgan fingerprint density at radius 2 is 1.96 bits per heavy atom.